The molecule has 0 saturated carbocycles. The van der Waals surface area contributed by atoms with Crippen LogP contribution in [-0.4, -0.2) is 32.6 Å². The number of benzene rings is 2. The fourth-order valence-corrected chi connectivity index (χ4v) is 4.72. The van der Waals surface area contributed by atoms with Gasteiger partial charge in [-0.15, -0.1) is 0 Å². The zero-order chi connectivity index (χ0) is 19.6. The maximum Gasteiger partial charge on any atom is 0.255 e. The van der Waals surface area contributed by atoms with Crippen molar-refractivity contribution in [2.45, 2.75) is 13.8 Å². The number of hydrogen-bond donors (Lipinski definition) is 1. The first-order chi connectivity index (χ1) is 12.8. The van der Waals surface area contributed by atoms with E-state index in [0.29, 0.717) is 18.0 Å². The smallest absolute Gasteiger partial charge is 0.255 e. The molecule has 142 valence electrons. The molecule has 27 heavy (non-hydrogen) atoms. The Morgan fingerprint density at radius 3 is 2.63 bits per heavy atom. The van der Waals surface area contributed by atoms with Crippen LogP contribution in [0.4, 0.5) is 11.4 Å². The predicted molar refractivity (Wildman–Crippen MR) is 102 cm³/mol. The van der Waals surface area contributed by atoms with E-state index in [1.807, 2.05) is 6.92 Å². The Kier molecular flexibility index (Phi) is 5.18. The molecule has 8 heteroatoms. The number of carbonyl (C=O) groups excluding carboxylic acids is 2. The molecule has 1 fully saturated rings. The van der Waals surface area contributed by atoms with Crippen LogP contribution in [0, 0.1) is 5.92 Å². The quantitative estimate of drug-likeness (QED) is 0.850. The van der Waals surface area contributed by atoms with Crippen LogP contribution in [0.15, 0.2) is 48.5 Å². The van der Waals surface area contributed by atoms with Crippen molar-refractivity contribution in [1.29, 1.82) is 0 Å². The van der Waals surface area contributed by atoms with Gasteiger partial charge in [-0.1, -0.05) is 25.1 Å². The summed E-state index contributed by atoms with van der Waals surface area (Å²) in [5.74, 6) is -1.22. The van der Waals surface area contributed by atoms with Gasteiger partial charge in [0.1, 0.15) is 5.75 Å². The molecule has 2 amide bonds. The second-order valence-electron chi connectivity index (χ2n) is 6.22. The average molecular weight is 388 g/mol. The number of rotatable bonds is 5. The fraction of sp³-hybridized carbons (Fsp3) is 0.263. The molecule has 0 unspecified atom stereocenters. The normalized spacial score (nSPS) is 18.4. The fourth-order valence-electron chi connectivity index (χ4n) is 2.91. The van der Waals surface area contributed by atoms with Crippen molar-refractivity contribution in [3.05, 3.63) is 54.1 Å². The lowest BCUT2D eigenvalue weighted by molar-refractivity contribution is -0.119. The number of ether oxygens (including phenoxy) is 1. The van der Waals surface area contributed by atoms with Crippen LogP contribution in [-0.2, 0) is 14.8 Å². The van der Waals surface area contributed by atoms with Crippen molar-refractivity contribution in [2.75, 3.05) is 22.0 Å². The topological polar surface area (TPSA) is 92.8 Å². The third-order valence-corrected chi connectivity index (χ3v) is 6.01. The van der Waals surface area contributed by atoms with E-state index in [-0.39, 0.29) is 17.0 Å². The van der Waals surface area contributed by atoms with Gasteiger partial charge in [0.05, 0.1) is 29.7 Å². The highest BCUT2D eigenvalue weighted by Crippen LogP contribution is 2.29. The molecule has 1 N–H and O–H groups in total. The predicted octanol–water partition coefficient (Wildman–Crippen LogP) is 2.65. The maximum atomic E-state index is 12.6. The summed E-state index contributed by atoms with van der Waals surface area (Å²) in [6.45, 7) is 3.87. The summed E-state index contributed by atoms with van der Waals surface area (Å²) in [4.78, 5) is 24.9. The first-order valence-electron chi connectivity index (χ1n) is 8.53. The number of nitrogens with one attached hydrogen (secondary N) is 1. The summed E-state index contributed by atoms with van der Waals surface area (Å²) in [7, 11) is -3.72. The van der Waals surface area contributed by atoms with E-state index < -0.39 is 27.8 Å². The van der Waals surface area contributed by atoms with E-state index in [1.54, 1.807) is 43.3 Å². The van der Waals surface area contributed by atoms with Crippen LogP contribution in [0.3, 0.4) is 0 Å². The van der Waals surface area contributed by atoms with E-state index in [4.69, 9.17) is 4.74 Å². The van der Waals surface area contributed by atoms with Gasteiger partial charge >= 0.3 is 0 Å². The molecule has 1 atom stereocenters. The minimum Gasteiger partial charge on any atom is -0.492 e. The minimum absolute atomic E-state index is 0.162. The molecule has 0 spiro atoms. The van der Waals surface area contributed by atoms with Gasteiger partial charge in [0.25, 0.3) is 5.91 Å². The SMILES string of the molecule is CCOc1ccccc1NC(=O)c1cccc(N2C(=O)[C@@H](C)CS2(=O)=O)c1. The molecular formula is C19H20N2O5S. The van der Waals surface area contributed by atoms with Gasteiger partial charge < -0.3 is 10.1 Å². The lowest BCUT2D eigenvalue weighted by Gasteiger charge is -2.16. The highest BCUT2D eigenvalue weighted by atomic mass is 32.2. The van der Waals surface area contributed by atoms with Crippen LogP contribution >= 0.6 is 0 Å². The summed E-state index contributed by atoms with van der Waals surface area (Å²) < 4.78 is 30.8. The Morgan fingerprint density at radius 2 is 1.96 bits per heavy atom. The van der Waals surface area contributed by atoms with E-state index >= 15 is 0 Å². The lowest BCUT2D eigenvalue weighted by Crippen LogP contribution is -2.30. The van der Waals surface area contributed by atoms with Crippen LogP contribution in [0.1, 0.15) is 24.2 Å². The van der Waals surface area contributed by atoms with Gasteiger partial charge in [-0.05, 0) is 37.3 Å². The molecule has 0 bridgehead atoms. The highest BCUT2D eigenvalue weighted by Gasteiger charge is 2.42. The molecule has 3 rings (SSSR count). The van der Waals surface area contributed by atoms with Crippen LogP contribution in [0.5, 0.6) is 5.75 Å². The number of sulfonamides is 1. The van der Waals surface area contributed by atoms with Crippen LogP contribution in [0.2, 0.25) is 0 Å². The third kappa shape index (κ3) is 3.80. The Balaban J connectivity index is 1.88. The summed E-state index contributed by atoms with van der Waals surface area (Å²) in [6, 6.07) is 13.0. The van der Waals surface area contributed by atoms with E-state index in [0.717, 1.165) is 4.31 Å². The van der Waals surface area contributed by atoms with Gasteiger partial charge in [-0.2, -0.15) is 0 Å². The van der Waals surface area contributed by atoms with Gasteiger partial charge in [-0.25, -0.2) is 12.7 Å². The van der Waals surface area contributed by atoms with Gasteiger partial charge in [0.2, 0.25) is 15.9 Å². The molecule has 0 aromatic heterocycles. The highest BCUT2D eigenvalue weighted by molar-refractivity contribution is 7.94. The van der Waals surface area contributed by atoms with Gasteiger partial charge in [0.15, 0.2) is 0 Å². The average Bonchev–Trinajstić information content (AvgIpc) is 2.84. The number of para-hydroxylation sites is 2. The van der Waals surface area contributed by atoms with Gasteiger partial charge in [0, 0.05) is 5.56 Å². The van der Waals surface area contributed by atoms with Crippen molar-refractivity contribution in [1.82, 2.24) is 0 Å². The molecule has 2 aromatic rings. The lowest BCUT2D eigenvalue weighted by atomic mass is 10.1. The number of nitrogens with zero attached hydrogens (tertiary/aromatic N) is 1. The molecular weight excluding hydrogens is 368 g/mol. The van der Waals surface area contributed by atoms with Crippen LogP contribution < -0.4 is 14.4 Å². The number of amides is 2. The van der Waals surface area contributed by atoms with Crippen molar-refractivity contribution >= 4 is 33.2 Å². The Labute approximate surface area is 158 Å². The number of anilines is 2. The molecule has 1 aliphatic heterocycles. The standard InChI is InChI=1S/C19H20N2O5S/c1-3-26-17-10-5-4-9-16(17)20-18(22)14-7-6-8-15(11-14)21-19(23)13(2)12-27(21,24)25/h4-11,13H,3,12H2,1-2H3,(H,20,22)/t13-/m0/s1. The summed E-state index contributed by atoms with van der Waals surface area (Å²) in [5, 5.41) is 2.75. The first-order valence-corrected chi connectivity index (χ1v) is 10.1. The minimum atomic E-state index is -3.72. The zero-order valence-corrected chi connectivity index (χ0v) is 15.8. The van der Waals surface area contributed by atoms with Gasteiger partial charge in [-0.3, -0.25) is 9.59 Å². The molecule has 0 radical (unpaired) electrons. The number of carbonyl (C=O) groups is 2. The second-order valence-corrected chi connectivity index (χ2v) is 8.08. The largest absolute Gasteiger partial charge is 0.492 e. The summed E-state index contributed by atoms with van der Waals surface area (Å²) >= 11 is 0. The van der Waals surface area contributed by atoms with E-state index in [2.05, 4.69) is 5.32 Å². The molecule has 7 nitrogen and oxygen atoms in total. The van der Waals surface area contributed by atoms with Crippen molar-refractivity contribution < 1.29 is 22.7 Å². The Hall–Kier alpha value is -2.87. The Bertz CT molecular complexity index is 987. The maximum absolute atomic E-state index is 12.6. The van der Waals surface area contributed by atoms with E-state index in [1.165, 1.54) is 12.1 Å². The number of hydrogen-bond acceptors (Lipinski definition) is 5. The molecule has 0 aliphatic carbocycles. The van der Waals surface area contributed by atoms with Crippen molar-refractivity contribution in [3.8, 4) is 5.75 Å². The zero-order valence-electron chi connectivity index (χ0n) is 15.0. The van der Waals surface area contributed by atoms with E-state index in [9.17, 15) is 18.0 Å². The molecule has 1 aliphatic rings. The molecule has 1 heterocycles. The third-order valence-electron chi connectivity index (χ3n) is 4.14. The molecule has 1 saturated heterocycles. The van der Waals surface area contributed by atoms with Crippen molar-refractivity contribution in [2.24, 2.45) is 5.92 Å². The summed E-state index contributed by atoms with van der Waals surface area (Å²) in [6.07, 6.45) is 0. The monoisotopic (exact) mass is 388 g/mol. The van der Waals surface area contributed by atoms with Crippen LogP contribution in [0.25, 0.3) is 0 Å². The summed E-state index contributed by atoms with van der Waals surface area (Å²) in [5.41, 5.74) is 0.907. The second kappa shape index (κ2) is 7.40. The van der Waals surface area contributed by atoms with Crippen molar-refractivity contribution in [3.63, 3.8) is 0 Å². The first kappa shape index (κ1) is 18.9. The Morgan fingerprint density at radius 1 is 1.22 bits per heavy atom. The molecule has 2 aromatic carbocycles.